The fourth-order valence-corrected chi connectivity index (χ4v) is 4.64. The molecule has 3 heterocycles. The van der Waals surface area contributed by atoms with Crippen molar-refractivity contribution in [1.82, 2.24) is 19.4 Å². The third-order valence-electron chi connectivity index (χ3n) is 5.06. The van der Waals surface area contributed by atoms with Crippen LogP contribution in [0.2, 0.25) is 0 Å². The molecule has 1 saturated heterocycles. The summed E-state index contributed by atoms with van der Waals surface area (Å²) in [6.45, 7) is 14.7. The Morgan fingerprint density at radius 1 is 1.27 bits per heavy atom. The quantitative estimate of drug-likeness (QED) is 0.795. The van der Waals surface area contributed by atoms with Gasteiger partial charge in [0.25, 0.3) is 0 Å². The summed E-state index contributed by atoms with van der Waals surface area (Å²) in [5.74, 6) is 0. The van der Waals surface area contributed by atoms with E-state index >= 15 is 0 Å². The maximum atomic E-state index is 12.4. The van der Waals surface area contributed by atoms with Crippen molar-refractivity contribution < 1.29 is 9.53 Å². The van der Waals surface area contributed by atoms with Crippen molar-refractivity contribution in [3.63, 3.8) is 0 Å². The molecule has 0 aromatic carbocycles. The zero-order valence-electron chi connectivity index (χ0n) is 16.8. The summed E-state index contributed by atoms with van der Waals surface area (Å²) in [7, 11) is 0. The van der Waals surface area contributed by atoms with E-state index in [4.69, 9.17) is 4.74 Å². The van der Waals surface area contributed by atoms with Crippen molar-refractivity contribution in [3.8, 4) is 0 Å². The first kappa shape index (κ1) is 19.5. The molecule has 1 spiro atoms. The van der Waals surface area contributed by atoms with Crippen LogP contribution in [0.15, 0.2) is 12.3 Å². The van der Waals surface area contributed by atoms with Crippen molar-refractivity contribution in [2.75, 3.05) is 13.1 Å². The van der Waals surface area contributed by atoms with Crippen LogP contribution in [0.1, 0.15) is 60.1 Å². The van der Waals surface area contributed by atoms with E-state index in [1.165, 1.54) is 5.69 Å². The summed E-state index contributed by atoms with van der Waals surface area (Å²) in [6, 6.07) is 2.48. The molecule has 146 valence electrons. The molecule has 1 N–H and O–H groups in total. The van der Waals surface area contributed by atoms with Crippen molar-refractivity contribution in [3.05, 3.63) is 18.0 Å². The highest BCUT2D eigenvalue weighted by molar-refractivity contribution is 7.98. The minimum Gasteiger partial charge on any atom is -0.444 e. The van der Waals surface area contributed by atoms with Gasteiger partial charge in [-0.15, -0.1) is 0 Å². The Bertz CT molecular complexity index is 651. The summed E-state index contributed by atoms with van der Waals surface area (Å²) in [6.07, 6.45) is 3.55. The second-order valence-corrected chi connectivity index (χ2v) is 11.1. The van der Waals surface area contributed by atoms with Gasteiger partial charge in [0.15, 0.2) is 0 Å². The number of hydrogen-bond donors (Lipinski definition) is 1. The number of likely N-dealkylation sites (tertiary alicyclic amines) is 1. The molecule has 26 heavy (non-hydrogen) atoms. The summed E-state index contributed by atoms with van der Waals surface area (Å²) in [4.78, 5) is 14.3. The number of ether oxygens (including phenoxy) is 1. The Balaban J connectivity index is 1.72. The largest absolute Gasteiger partial charge is 0.444 e. The number of nitrogens with one attached hydrogen (secondary N) is 1. The van der Waals surface area contributed by atoms with E-state index in [0.29, 0.717) is 6.04 Å². The first-order valence-corrected chi connectivity index (χ1v) is 10.3. The SMILES string of the molecule is CC(C)(C)OC(=O)N1CCC2(CC1)c1ccnn1CC2NSC(C)(C)C. The molecule has 2 aliphatic heterocycles. The lowest BCUT2D eigenvalue weighted by Crippen LogP contribution is -2.53. The molecular formula is C19H32N4O2S. The van der Waals surface area contributed by atoms with E-state index in [1.807, 2.05) is 31.9 Å². The van der Waals surface area contributed by atoms with Gasteiger partial charge in [0.05, 0.1) is 6.54 Å². The highest BCUT2D eigenvalue weighted by atomic mass is 32.2. The van der Waals surface area contributed by atoms with Crippen LogP contribution >= 0.6 is 11.9 Å². The number of hydrogen-bond acceptors (Lipinski definition) is 5. The van der Waals surface area contributed by atoms with E-state index in [-0.39, 0.29) is 16.3 Å². The highest BCUT2D eigenvalue weighted by Crippen LogP contribution is 2.44. The molecule has 2 aliphatic rings. The minimum absolute atomic E-state index is 0.0350. The number of amides is 1. The van der Waals surface area contributed by atoms with Crippen molar-refractivity contribution >= 4 is 18.0 Å². The Labute approximate surface area is 161 Å². The van der Waals surface area contributed by atoms with Gasteiger partial charge >= 0.3 is 6.09 Å². The van der Waals surface area contributed by atoms with E-state index in [1.54, 1.807) is 11.9 Å². The lowest BCUT2D eigenvalue weighted by atomic mass is 9.72. The molecule has 0 aliphatic carbocycles. The summed E-state index contributed by atoms with van der Waals surface area (Å²) in [5.41, 5.74) is 0.882. The molecule has 1 amide bonds. The summed E-state index contributed by atoms with van der Waals surface area (Å²) in [5, 5.41) is 4.51. The van der Waals surface area contributed by atoms with Crippen molar-refractivity contribution in [1.29, 1.82) is 0 Å². The van der Waals surface area contributed by atoms with Crippen LogP contribution in [0.5, 0.6) is 0 Å². The first-order valence-electron chi connectivity index (χ1n) is 9.44. The standard InChI is InChI=1S/C19H32N4O2S/c1-17(2,3)25-16(24)22-11-8-19(9-12-22)14(21-26-18(4,5)6)13-23-15(19)7-10-20-23/h7,10,14,21H,8-9,11-13H2,1-6H3. The van der Waals surface area contributed by atoms with Crippen LogP contribution in [-0.4, -0.2) is 50.3 Å². The van der Waals surface area contributed by atoms with E-state index in [2.05, 4.69) is 41.3 Å². The molecule has 1 unspecified atom stereocenters. The maximum absolute atomic E-state index is 12.4. The Hall–Kier alpha value is -1.21. The van der Waals surface area contributed by atoms with Crippen LogP contribution in [0.4, 0.5) is 4.79 Å². The van der Waals surface area contributed by atoms with Crippen LogP contribution in [0.3, 0.4) is 0 Å². The zero-order valence-corrected chi connectivity index (χ0v) is 17.7. The topological polar surface area (TPSA) is 59.4 Å². The molecule has 0 radical (unpaired) electrons. The Morgan fingerprint density at radius 2 is 1.92 bits per heavy atom. The number of nitrogens with zero attached hydrogens (tertiary/aromatic N) is 3. The molecule has 7 heteroatoms. The van der Waals surface area contributed by atoms with Gasteiger partial charge in [-0.3, -0.25) is 9.40 Å². The number of piperidine rings is 1. The van der Waals surface area contributed by atoms with Gasteiger partial charge in [0.2, 0.25) is 0 Å². The predicted molar refractivity (Wildman–Crippen MR) is 105 cm³/mol. The fraction of sp³-hybridized carbons (Fsp3) is 0.789. The molecule has 6 nitrogen and oxygen atoms in total. The Morgan fingerprint density at radius 3 is 2.50 bits per heavy atom. The van der Waals surface area contributed by atoms with E-state index in [0.717, 1.165) is 32.5 Å². The molecule has 1 aromatic rings. The smallest absolute Gasteiger partial charge is 0.410 e. The zero-order chi connectivity index (χ0) is 19.2. The monoisotopic (exact) mass is 380 g/mol. The van der Waals surface area contributed by atoms with Gasteiger partial charge < -0.3 is 9.64 Å². The predicted octanol–water partition coefficient (Wildman–Crippen LogP) is 3.57. The molecule has 0 bridgehead atoms. The average Bonchev–Trinajstić information content (AvgIpc) is 3.06. The van der Waals surface area contributed by atoms with Gasteiger partial charge in [-0.1, -0.05) is 11.9 Å². The van der Waals surface area contributed by atoms with Gasteiger partial charge in [0.1, 0.15) is 5.60 Å². The second kappa shape index (κ2) is 6.75. The van der Waals surface area contributed by atoms with Gasteiger partial charge in [0, 0.05) is 41.2 Å². The van der Waals surface area contributed by atoms with E-state index < -0.39 is 5.60 Å². The summed E-state index contributed by atoms with van der Waals surface area (Å²) >= 11 is 1.79. The average molecular weight is 381 g/mol. The van der Waals surface area contributed by atoms with Gasteiger partial charge in [-0.2, -0.15) is 5.10 Å². The molecular weight excluding hydrogens is 348 g/mol. The third kappa shape index (κ3) is 4.03. The molecule has 3 rings (SSSR count). The van der Waals surface area contributed by atoms with Crippen LogP contribution in [-0.2, 0) is 16.7 Å². The van der Waals surface area contributed by atoms with Crippen molar-refractivity contribution in [2.24, 2.45) is 0 Å². The molecule has 0 saturated carbocycles. The Kier molecular flexibility index (Phi) is 5.07. The number of fused-ring (bicyclic) bond motifs is 2. The third-order valence-corrected chi connectivity index (χ3v) is 6.08. The molecule has 1 fully saturated rings. The number of aromatic nitrogens is 2. The lowest BCUT2D eigenvalue weighted by molar-refractivity contribution is 0.0152. The molecule has 1 aromatic heterocycles. The highest BCUT2D eigenvalue weighted by Gasteiger charge is 2.50. The minimum atomic E-state index is -0.453. The van der Waals surface area contributed by atoms with Crippen LogP contribution < -0.4 is 4.72 Å². The maximum Gasteiger partial charge on any atom is 0.410 e. The summed E-state index contributed by atoms with van der Waals surface area (Å²) < 4.78 is 11.6. The van der Waals surface area contributed by atoms with Gasteiger partial charge in [-0.25, -0.2) is 4.79 Å². The lowest BCUT2D eigenvalue weighted by Gasteiger charge is -2.43. The van der Waals surface area contributed by atoms with E-state index in [9.17, 15) is 4.79 Å². The normalized spacial score (nSPS) is 22.5. The number of carbonyl (C=O) groups excluding carboxylic acids is 1. The number of carbonyl (C=O) groups is 1. The van der Waals surface area contributed by atoms with Gasteiger partial charge in [-0.05, 0) is 60.5 Å². The molecule has 1 atom stereocenters. The number of rotatable bonds is 2. The van der Waals surface area contributed by atoms with Crippen LogP contribution in [0.25, 0.3) is 0 Å². The fourth-order valence-electron chi connectivity index (χ4n) is 3.84. The van der Waals surface area contributed by atoms with Crippen molar-refractivity contribution in [2.45, 2.75) is 82.7 Å². The van der Waals surface area contributed by atoms with Crippen LogP contribution in [0, 0.1) is 0 Å². The second-order valence-electron chi connectivity index (χ2n) is 9.41. The first-order chi connectivity index (χ1) is 12.0.